The molecular weight excluding hydrogens is 157 g/mol. The Morgan fingerprint density at radius 1 is 1.36 bits per heavy atom. The standard InChI is InChI=1S/C6H5NO3.Na/c8-6-3-1-2-5(4-6)7(9)10;/h1-4,8H;/q;+1/p-1. The molecule has 0 aliphatic heterocycles. The molecule has 1 rings (SSSR count). The van der Waals surface area contributed by atoms with Gasteiger partial charge in [0, 0.05) is 12.1 Å². The van der Waals surface area contributed by atoms with E-state index in [1.165, 1.54) is 18.2 Å². The molecule has 4 nitrogen and oxygen atoms in total. The van der Waals surface area contributed by atoms with Crippen molar-refractivity contribution in [3.8, 4) is 5.75 Å². The van der Waals surface area contributed by atoms with Gasteiger partial charge in [-0.3, -0.25) is 10.1 Å². The van der Waals surface area contributed by atoms with Crippen LogP contribution in [0.3, 0.4) is 0 Å². The fourth-order valence-electron chi connectivity index (χ4n) is 0.597. The van der Waals surface area contributed by atoms with Crippen LogP contribution in [0.2, 0.25) is 0 Å². The maximum atomic E-state index is 10.5. The summed E-state index contributed by atoms with van der Waals surface area (Å²) in [7, 11) is 0. The van der Waals surface area contributed by atoms with E-state index < -0.39 is 4.92 Å². The van der Waals surface area contributed by atoms with Gasteiger partial charge in [0.2, 0.25) is 0 Å². The molecule has 11 heavy (non-hydrogen) atoms. The van der Waals surface area contributed by atoms with Crippen LogP contribution in [0.1, 0.15) is 0 Å². The normalized spacial score (nSPS) is 8.36. The summed E-state index contributed by atoms with van der Waals surface area (Å²) in [6.07, 6.45) is 0. The SMILES string of the molecule is O=[N+]([O-])c1cccc([O-])c1.[Na+]. The second-order valence-corrected chi connectivity index (χ2v) is 1.75. The summed E-state index contributed by atoms with van der Waals surface area (Å²) < 4.78 is 0. The summed E-state index contributed by atoms with van der Waals surface area (Å²) in [6, 6.07) is 4.90. The van der Waals surface area contributed by atoms with E-state index >= 15 is 0 Å². The molecule has 5 heteroatoms. The van der Waals surface area contributed by atoms with Crippen LogP contribution in [0.5, 0.6) is 5.75 Å². The van der Waals surface area contributed by atoms with Gasteiger partial charge >= 0.3 is 29.6 Å². The van der Waals surface area contributed by atoms with Gasteiger partial charge in [-0.1, -0.05) is 12.1 Å². The fourth-order valence-corrected chi connectivity index (χ4v) is 0.597. The minimum absolute atomic E-state index is 0. The van der Waals surface area contributed by atoms with Crippen LogP contribution in [0, 0.1) is 10.1 Å². The van der Waals surface area contributed by atoms with Crippen LogP contribution < -0.4 is 34.7 Å². The third-order valence-electron chi connectivity index (χ3n) is 1.03. The van der Waals surface area contributed by atoms with Gasteiger partial charge in [0.1, 0.15) is 0 Å². The van der Waals surface area contributed by atoms with Crippen molar-refractivity contribution >= 4 is 5.69 Å². The molecular formula is C6H4NNaO3. The van der Waals surface area contributed by atoms with E-state index in [1.807, 2.05) is 0 Å². The molecule has 0 unspecified atom stereocenters. The maximum Gasteiger partial charge on any atom is 1.00 e. The van der Waals surface area contributed by atoms with Crippen molar-refractivity contribution in [2.45, 2.75) is 0 Å². The number of hydrogen-bond donors (Lipinski definition) is 0. The molecule has 0 amide bonds. The van der Waals surface area contributed by atoms with Crippen LogP contribution in [0.25, 0.3) is 0 Å². The Bertz CT molecular complexity index is 264. The molecule has 0 aliphatic rings. The summed E-state index contributed by atoms with van der Waals surface area (Å²) in [5, 5.41) is 20.5. The minimum Gasteiger partial charge on any atom is -0.872 e. The number of nitrogens with zero attached hydrogens (tertiary/aromatic N) is 1. The van der Waals surface area contributed by atoms with Crippen molar-refractivity contribution in [2.24, 2.45) is 0 Å². The Morgan fingerprint density at radius 2 is 2.00 bits per heavy atom. The number of non-ortho nitro benzene ring substituents is 1. The summed E-state index contributed by atoms with van der Waals surface area (Å²) in [4.78, 5) is 9.42. The number of hydrogen-bond acceptors (Lipinski definition) is 3. The molecule has 52 valence electrons. The molecule has 0 heterocycles. The summed E-state index contributed by atoms with van der Waals surface area (Å²) in [5.74, 6) is -0.339. The third-order valence-corrected chi connectivity index (χ3v) is 1.03. The zero-order chi connectivity index (χ0) is 7.56. The molecule has 0 saturated heterocycles. The van der Waals surface area contributed by atoms with E-state index in [0.29, 0.717) is 0 Å². The molecule has 0 aromatic heterocycles. The van der Waals surface area contributed by atoms with Crippen molar-refractivity contribution in [3.05, 3.63) is 34.4 Å². The topological polar surface area (TPSA) is 66.2 Å². The fraction of sp³-hybridized carbons (Fsp3) is 0. The Hall–Kier alpha value is -0.580. The van der Waals surface area contributed by atoms with Gasteiger partial charge < -0.3 is 5.11 Å². The van der Waals surface area contributed by atoms with Gasteiger partial charge in [-0.2, -0.15) is 0 Å². The molecule has 0 saturated carbocycles. The first-order valence-corrected chi connectivity index (χ1v) is 2.61. The summed E-state index contributed by atoms with van der Waals surface area (Å²) in [5.41, 5.74) is -0.160. The average molecular weight is 161 g/mol. The minimum atomic E-state index is -0.596. The predicted molar refractivity (Wildman–Crippen MR) is 32.5 cm³/mol. The van der Waals surface area contributed by atoms with Crippen LogP contribution in [-0.2, 0) is 0 Å². The zero-order valence-corrected chi connectivity index (χ0v) is 7.98. The van der Waals surface area contributed by atoms with Gasteiger partial charge in [0.05, 0.1) is 4.92 Å². The summed E-state index contributed by atoms with van der Waals surface area (Å²) >= 11 is 0. The van der Waals surface area contributed by atoms with E-state index in [9.17, 15) is 15.2 Å². The van der Waals surface area contributed by atoms with Gasteiger partial charge in [0.15, 0.2) is 0 Å². The molecule has 0 atom stereocenters. The van der Waals surface area contributed by atoms with Crippen molar-refractivity contribution in [3.63, 3.8) is 0 Å². The molecule has 0 bridgehead atoms. The van der Waals surface area contributed by atoms with Gasteiger partial charge in [0.25, 0.3) is 5.69 Å². The first-order valence-electron chi connectivity index (χ1n) is 2.61. The summed E-state index contributed by atoms with van der Waals surface area (Å²) in [6.45, 7) is 0. The van der Waals surface area contributed by atoms with E-state index in [4.69, 9.17) is 0 Å². The molecule has 0 radical (unpaired) electrons. The average Bonchev–Trinajstić information content (AvgIpc) is 1.88. The van der Waals surface area contributed by atoms with E-state index in [1.54, 1.807) is 0 Å². The van der Waals surface area contributed by atoms with Crippen molar-refractivity contribution in [1.82, 2.24) is 0 Å². The van der Waals surface area contributed by atoms with E-state index in [0.717, 1.165) is 6.07 Å². The Morgan fingerprint density at radius 3 is 2.36 bits per heavy atom. The van der Waals surface area contributed by atoms with Crippen molar-refractivity contribution in [2.75, 3.05) is 0 Å². The Labute approximate surface area is 85.3 Å². The second kappa shape index (κ2) is 4.33. The molecule has 0 aliphatic carbocycles. The number of nitro benzene ring substituents is 1. The van der Waals surface area contributed by atoms with Crippen LogP contribution in [0.15, 0.2) is 24.3 Å². The van der Waals surface area contributed by atoms with Gasteiger partial charge in [-0.05, 0) is 0 Å². The maximum absolute atomic E-state index is 10.5. The largest absolute Gasteiger partial charge is 1.00 e. The number of rotatable bonds is 1. The van der Waals surface area contributed by atoms with Crippen LogP contribution in [-0.4, -0.2) is 4.92 Å². The molecule has 0 N–H and O–H groups in total. The first kappa shape index (κ1) is 10.4. The van der Waals surface area contributed by atoms with Crippen molar-refractivity contribution < 1.29 is 39.6 Å². The van der Waals surface area contributed by atoms with Crippen LogP contribution in [0.4, 0.5) is 5.69 Å². The smallest absolute Gasteiger partial charge is 0.872 e. The second-order valence-electron chi connectivity index (χ2n) is 1.75. The number of nitro groups is 1. The molecule has 0 fully saturated rings. The monoisotopic (exact) mass is 161 g/mol. The Balaban J connectivity index is 0.000001000. The third kappa shape index (κ3) is 2.88. The van der Waals surface area contributed by atoms with E-state index in [-0.39, 0.29) is 41.0 Å². The quantitative estimate of drug-likeness (QED) is 0.263. The van der Waals surface area contributed by atoms with Gasteiger partial charge in [-0.15, -0.1) is 5.75 Å². The molecule has 0 spiro atoms. The Kier molecular flexibility index (Phi) is 4.10. The predicted octanol–water partition coefficient (Wildman–Crippen LogP) is -2.33. The number of benzene rings is 1. The van der Waals surface area contributed by atoms with E-state index in [2.05, 4.69) is 0 Å². The van der Waals surface area contributed by atoms with Gasteiger partial charge in [-0.25, -0.2) is 0 Å². The first-order chi connectivity index (χ1) is 4.70. The molecule has 1 aromatic carbocycles. The zero-order valence-electron chi connectivity index (χ0n) is 5.98. The van der Waals surface area contributed by atoms with Crippen molar-refractivity contribution in [1.29, 1.82) is 0 Å². The molecule has 1 aromatic rings. The van der Waals surface area contributed by atoms with Crippen LogP contribution >= 0.6 is 0 Å².